The molecule has 0 aromatic heterocycles. The summed E-state index contributed by atoms with van der Waals surface area (Å²) >= 11 is 0. The van der Waals surface area contributed by atoms with Crippen molar-refractivity contribution in [3.63, 3.8) is 0 Å². The number of nitrogens with zero attached hydrogens (tertiary/aromatic N) is 1. The molecule has 6 heteroatoms. The van der Waals surface area contributed by atoms with E-state index in [1.54, 1.807) is 26.4 Å². The van der Waals surface area contributed by atoms with Crippen molar-refractivity contribution in [2.24, 2.45) is 0 Å². The maximum absolute atomic E-state index is 13.6. The van der Waals surface area contributed by atoms with Crippen molar-refractivity contribution in [1.29, 1.82) is 0 Å². The minimum absolute atomic E-state index is 0.105. The summed E-state index contributed by atoms with van der Waals surface area (Å²) < 4.78 is 11.0. The van der Waals surface area contributed by atoms with Gasteiger partial charge in [0, 0.05) is 36.8 Å². The summed E-state index contributed by atoms with van der Waals surface area (Å²) in [5, 5.41) is 6.96. The number of hydrogen-bond acceptors (Lipinski definition) is 5. The Morgan fingerprint density at radius 3 is 2.60 bits per heavy atom. The van der Waals surface area contributed by atoms with E-state index in [1.807, 2.05) is 30.3 Å². The number of methoxy groups -OCH3 is 2. The van der Waals surface area contributed by atoms with Crippen LogP contribution in [0.3, 0.4) is 0 Å². The molecule has 4 rings (SSSR count). The zero-order valence-corrected chi connectivity index (χ0v) is 20.7. The van der Waals surface area contributed by atoms with E-state index >= 15 is 0 Å². The third-order valence-corrected chi connectivity index (χ3v) is 6.94. The third-order valence-electron chi connectivity index (χ3n) is 6.94. The molecular weight excluding hydrogens is 438 g/mol. The number of anilines is 1. The van der Waals surface area contributed by atoms with Gasteiger partial charge in [0.25, 0.3) is 5.91 Å². The van der Waals surface area contributed by atoms with Crippen molar-refractivity contribution in [2.45, 2.75) is 31.3 Å². The van der Waals surface area contributed by atoms with Gasteiger partial charge in [-0.25, -0.2) is 0 Å². The summed E-state index contributed by atoms with van der Waals surface area (Å²) in [6.45, 7) is 6.80. The lowest BCUT2D eigenvalue weighted by Gasteiger charge is -2.42. The zero-order chi connectivity index (χ0) is 24.7. The van der Waals surface area contributed by atoms with Crippen molar-refractivity contribution < 1.29 is 14.3 Å². The first-order valence-corrected chi connectivity index (χ1v) is 12.2. The van der Waals surface area contributed by atoms with Crippen LogP contribution in [0.1, 0.15) is 40.7 Å². The largest absolute Gasteiger partial charge is 0.501 e. The fraction of sp³-hybridized carbons (Fsp3) is 0.345. The van der Waals surface area contributed by atoms with Gasteiger partial charge in [-0.3, -0.25) is 4.79 Å². The highest BCUT2D eigenvalue weighted by atomic mass is 16.5. The van der Waals surface area contributed by atoms with E-state index in [-0.39, 0.29) is 11.4 Å². The molecule has 0 bridgehead atoms. The summed E-state index contributed by atoms with van der Waals surface area (Å²) in [6, 6.07) is 16.5. The number of benzene rings is 2. The van der Waals surface area contributed by atoms with Gasteiger partial charge < -0.3 is 25.0 Å². The molecule has 1 spiro atoms. The number of piperidine rings is 1. The van der Waals surface area contributed by atoms with Crippen LogP contribution in [0, 0.1) is 0 Å². The second kappa shape index (κ2) is 11.3. The first-order valence-electron chi connectivity index (χ1n) is 12.2. The number of para-hydroxylation sites is 1. The van der Waals surface area contributed by atoms with Gasteiger partial charge in [-0.05, 0) is 61.3 Å². The average Bonchev–Trinajstić information content (AvgIpc) is 3.12. The lowest BCUT2D eigenvalue weighted by atomic mass is 9.80. The Hall–Kier alpha value is -3.51. The standard InChI is InChI=1S/C29H35N3O3/c1-4-8-24(34-2)20-25(35-3)13-18-32-28(33)26-12-11-22(21-31-23-9-6-5-7-10-23)19-27(26)29(32)14-16-30-17-15-29/h4-12,19-20,30-31H,1,13-18,21H2,2-3H3/b24-8+,25-20+. The van der Waals surface area contributed by atoms with Crippen molar-refractivity contribution in [3.05, 3.63) is 102 Å². The van der Waals surface area contributed by atoms with E-state index in [0.717, 1.165) is 48.5 Å². The summed E-state index contributed by atoms with van der Waals surface area (Å²) in [7, 11) is 3.27. The Balaban J connectivity index is 1.58. The zero-order valence-electron chi connectivity index (χ0n) is 20.7. The molecule has 1 fully saturated rings. The molecule has 35 heavy (non-hydrogen) atoms. The minimum Gasteiger partial charge on any atom is -0.501 e. The SMILES string of the molecule is C=C/C=C(\C=C(/CCN1C(=O)c2ccc(CNc3ccccc3)cc2C12CCNCC2)OC)OC. The Morgan fingerprint density at radius 2 is 1.91 bits per heavy atom. The Labute approximate surface area is 208 Å². The summed E-state index contributed by atoms with van der Waals surface area (Å²) in [4.78, 5) is 15.7. The highest BCUT2D eigenvalue weighted by molar-refractivity contribution is 6.00. The van der Waals surface area contributed by atoms with Crippen LogP contribution in [-0.2, 0) is 21.6 Å². The number of allylic oxidation sites excluding steroid dienone is 3. The van der Waals surface area contributed by atoms with Crippen LogP contribution in [0.25, 0.3) is 0 Å². The molecular formula is C29H35N3O3. The molecule has 2 aromatic carbocycles. The molecule has 1 amide bonds. The maximum atomic E-state index is 13.6. The van der Waals surface area contributed by atoms with Gasteiger partial charge in [0.15, 0.2) is 0 Å². The van der Waals surface area contributed by atoms with Crippen molar-refractivity contribution in [1.82, 2.24) is 10.2 Å². The highest BCUT2D eigenvalue weighted by Gasteiger charge is 2.49. The predicted octanol–water partition coefficient (Wildman–Crippen LogP) is 4.97. The molecule has 0 aliphatic carbocycles. The van der Waals surface area contributed by atoms with Gasteiger partial charge in [-0.15, -0.1) is 0 Å². The summed E-state index contributed by atoms with van der Waals surface area (Å²) in [5.74, 6) is 1.54. The molecule has 6 nitrogen and oxygen atoms in total. The third kappa shape index (κ3) is 5.28. The number of carbonyl (C=O) groups is 1. The quantitative estimate of drug-likeness (QED) is 0.377. The van der Waals surface area contributed by atoms with Crippen LogP contribution in [0.5, 0.6) is 0 Å². The molecule has 1 saturated heterocycles. The summed E-state index contributed by atoms with van der Waals surface area (Å²) in [5.41, 5.74) is 3.95. The van der Waals surface area contributed by atoms with Crippen LogP contribution < -0.4 is 10.6 Å². The molecule has 2 aliphatic heterocycles. The predicted molar refractivity (Wildman–Crippen MR) is 140 cm³/mol. The van der Waals surface area contributed by atoms with Crippen molar-refractivity contribution in [2.75, 3.05) is 39.2 Å². The van der Waals surface area contributed by atoms with E-state index in [2.05, 4.69) is 46.4 Å². The van der Waals surface area contributed by atoms with E-state index in [1.165, 1.54) is 5.56 Å². The molecule has 2 heterocycles. The van der Waals surface area contributed by atoms with Crippen molar-refractivity contribution >= 4 is 11.6 Å². The number of fused-ring (bicyclic) bond motifs is 2. The molecule has 0 radical (unpaired) electrons. The van der Waals surface area contributed by atoms with Crippen LogP contribution in [0.15, 0.2) is 84.9 Å². The van der Waals surface area contributed by atoms with E-state index < -0.39 is 0 Å². The Morgan fingerprint density at radius 1 is 1.14 bits per heavy atom. The molecule has 2 aromatic rings. The van der Waals surface area contributed by atoms with Gasteiger partial charge in [-0.2, -0.15) is 0 Å². The number of ether oxygens (including phenoxy) is 2. The number of carbonyl (C=O) groups excluding carboxylic acids is 1. The fourth-order valence-electron chi connectivity index (χ4n) is 5.12. The molecule has 2 aliphatic rings. The molecule has 0 unspecified atom stereocenters. The monoisotopic (exact) mass is 473 g/mol. The Bertz CT molecular complexity index is 1100. The van der Waals surface area contributed by atoms with Crippen LogP contribution in [0.4, 0.5) is 5.69 Å². The van der Waals surface area contributed by atoms with Gasteiger partial charge in [-0.1, -0.05) is 43.0 Å². The average molecular weight is 474 g/mol. The normalized spacial score (nSPS) is 17.3. The van der Waals surface area contributed by atoms with Crippen LogP contribution in [0.2, 0.25) is 0 Å². The van der Waals surface area contributed by atoms with Gasteiger partial charge in [0.05, 0.1) is 19.8 Å². The minimum atomic E-state index is -0.291. The Kier molecular flexibility index (Phi) is 7.93. The van der Waals surface area contributed by atoms with Crippen LogP contribution in [-0.4, -0.2) is 44.7 Å². The fourth-order valence-corrected chi connectivity index (χ4v) is 5.12. The first kappa shape index (κ1) is 24.6. The van der Waals surface area contributed by atoms with Gasteiger partial charge >= 0.3 is 0 Å². The first-order chi connectivity index (χ1) is 17.1. The number of hydrogen-bond donors (Lipinski definition) is 2. The molecule has 184 valence electrons. The van der Waals surface area contributed by atoms with Gasteiger partial charge in [0.1, 0.15) is 11.5 Å². The second-order valence-corrected chi connectivity index (χ2v) is 8.91. The molecule has 2 N–H and O–H groups in total. The van der Waals surface area contributed by atoms with E-state index in [9.17, 15) is 4.79 Å². The summed E-state index contributed by atoms with van der Waals surface area (Å²) in [6.07, 6.45) is 7.72. The molecule has 0 saturated carbocycles. The molecule has 0 atom stereocenters. The number of rotatable bonds is 10. The highest BCUT2D eigenvalue weighted by Crippen LogP contribution is 2.45. The van der Waals surface area contributed by atoms with E-state index in [0.29, 0.717) is 25.3 Å². The smallest absolute Gasteiger partial charge is 0.254 e. The van der Waals surface area contributed by atoms with E-state index in [4.69, 9.17) is 9.47 Å². The lowest BCUT2D eigenvalue weighted by molar-refractivity contribution is 0.0437. The topological polar surface area (TPSA) is 62.8 Å². The van der Waals surface area contributed by atoms with Crippen molar-refractivity contribution in [3.8, 4) is 0 Å². The van der Waals surface area contributed by atoms with Gasteiger partial charge in [0.2, 0.25) is 0 Å². The maximum Gasteiger partial charge on any atom is 0.254 e. The van der Waals surface area contributed by atoms with Crippen LogP contribution >= 0.6 is 0 Å². The lowest BCUT2D eigenvalue weighted by Crippen LogP contribution is -2.50. The second-order valence-electron chi connectivity index (χ2n) is 8.91. The number of nitrogens with one attached hydrogen (secondary N) is 2. The number of amides is 1.